The quantitative estimate of drug-likeness (QED) is 0.653. The molecule has 1 aromatic carbocycles. The van der Waals surface area contributed by atoms with Gasteiger partial charge in [-0.1, -0.05) is 6.07 Å². The second-order valence-electron chi connectivity index (χ2n) is 9.21. The second-order valence-corrected chi connectivity index (χ2v) is 11.3. The van der Waals surface area contributed by atoms with Crippen molar-refractivity contribution in [2.75, 3.05) is 26.2 Å². The fraction of sp³-hybridized carbons (Fsp3) is 0.600. The molecule has 3 aliphatic rings. The van der Waals surface area contributed by atoms with E-state index in [1.807, 2.05) is 0 Å². The van der Waals surface area contributed by atoms with Crippen molar-refractivity contribution < 1.29 is 31.4 Å². The summed E-state index contributed by atoms with van der Waals surface area (Å²) in [5.41, 5.74) is 0.265. The Labute approximate surface area is 182 Å². The second kappa shape index (κ2) is 7.60. The Kier molecular flexibility index (Phi) is 5.42. The number of carbonyl (C=O) groups excluding carboxylic acids is 2. The van der Waals surface area contributed by atoms with E-state index in [0.717, 1.165) is 18.9 Å². The van der Waals surface area contributed by atoms with E-state index in [2.05, 4.69) is 0 Å². The molecule has 1 unspecified atom stereocenters. The van der Waals surface area contributed by atoms with Crippen LogP contribution in [0.2, 0.25) is 0 Å². The SMILES string of the molecule is N=S(=O)(c1ccc(CC2CC3(C2)CN(C(=O)N2CC[C@H](C(N)=O)C2)C3)c(F)c1)C(F)(F)F. The molecule has 3 N–H and O–H groups in total. The lowest BCUT2D eigenvalue weighted by molar-refractivity contribution is -0.121. The minimum atomic E-state index is -5.26. The van der Waals surface area contributed by atoms with Gasteiger partial charge in [0.15, 0.2) is 9.73 Å². The van der Waals surface area contributed by atoms with E-state index in [9.17, 15) is 31.4 Å². The zero-order valence-corrected chi connectivity index (χ0v) is 18.0. The Morgan fingerprint density at radius 2 is 1.88 bits per heavy atom. The monoisotopic (exact) mass is 476 g/mol. The van der Waals surface area contributed by atoms with Crippen molar-refractivity contribution in [1.82, 2.24) is 9.80 Å². The molecular formula is C20H24F4N4O3S. The van der Waals surface area contributed by atoms with Crippen LogP contribution in [0.15, 0.2) is 23.1 Å². The maximum Gasteiger partial charge on any atom is 0.483 e. The number of likely N-dealkylation sites (tertiary alicyclic amines) is 2. The van der Waals surface area contributed by atoms with Gasteiger partial charge in [-0.2, -0.15) is 13.2 Å². The molecule has 32 heavy (non-hydrogen) atoms. The summed E-state index contributed by atoms with van der Waals surface area (Å²) in [4.78, 5) is 26.3. The number of benzene rings is 1. The first-order chi connectivity index (χ1) is 14.8. The zero-order chi connectivity index (χ0) is 23.5. The first-order valence-corrected chi connectivity index (χ1v) is 11.8. The summed E-state index contributed by atoms with van der Waals surface area (Å²) in [7, 11) is -5.09. The highest BCUT2D eigenvalue weighted by Crippen LogP contribution is 2.53. The fourth-order valence-electron chi connectivity index (χ4n) is 5.15. The molecule has 0 aromatic heterocycles. The van der Waals surface area contributed by atoms with Crippen LogP contribution in [0.1, 0.15) is 24.8 Å². The van der Waals surface area contributed by atoms with E-state index in [0.29, 0.717) is 45.1 Å². The van der Waals surface area contributed by atoms with Gasteiger partial charge in [0.25, 0.3) is 0 Å². The number of alkyl halides is 3. The third-order valence-corrected chi connectivity index (χ3v) is 8.39. The number of nitrogens with zero attached hydrogens (tertiary/aromatic N) is 2. The van der Waals surface area contributed by atoms with Crippen LogP contribution >= 0.6 is 0 Å². The number of amides is 3. The van der Waals surface area contributed by atoms with Gasteiger partial charge in [-0.15, -0.1) is 0 Å². The van der Waals surface area contributed by atoms with Crippen molar-refractivity contribution in [3.8, 4) is 0 Å². The van der Waals surface area contributed by atoms with E-state index >= 15 is 0 Å². The number of rotatable bonds is 4. The molecule has 3 amide bonds. The van der Waals surface area contributed by atoms with Gasteiger partial charge < -0.3 is 15.5 Å². The van der Waals surface area contributed by atoms with Crippen molar-refractivity contribution in [1.29, 1.82) is 4.78 Å². The van der Waals surface area contributed by atoms with Gasteiger partial charge in [0.1, 0.15) is 5.82 Å². The van der Waals surface area contributed by atoms with Gasteiger partial charge in [0.05, 0.1) is 10.8 Å². The third kappa shape index (κ3) is 3.93. The number of nitrogens with two attached hydrogens (primary N) is 1. The van der Waals surface area contributed by atoms with Gasteiger partial charge >= 0.3 is 11.5 Å². The molecule has 0 radical (unpaired) electrons. The topological polar surface area (TPSA) is 108 Å². The average molecular weight is 476 g/mol. The molecule has 2 heterocycles. The molecule has 1 spiro atoms. The van der Waals surface area contributed by atoms with E-state index in [1.54, 1.807) is 9.80 Å². The van der Waals surface area contributed by atoms with Gasteiger partial charge in [-0.05, 0) is 49.3 Å². The van der Waals surface area contributed by atoms with Crippen molar-refractivity contribution in [2.45, 2.75) is 36.1 Å². The molecular weight excluding hydrogens is 452 g/mol. The summed E-state index contributed by atoms with van der Waals surface area (Å²) >= 11 is 0. The lowest BCUT2D eigenvalue weighted by Gasteiger charge is -2.59. The lowest BCUT2D eigenvalue weighted by Crippen LogP contribution is -2.65. The van der Waals surface area contributed by atoms with Gasteiger partial charge in [0, 0.05) is 31.6 Å². The van der Waals surface area contributed by atoms with Crippen molar-refractivity contribution in [2.24, 2.45) is 23.0 Å². The van der Waals surface area contributed by atoms with Crippen LogP contribution in [-0.4, -0.2) is 57.6 Å². The molecule has 2 saturated heterocycles. The predicted molar refractivity (Wildman–Crippen MR) is 106 cm³/mol. The Bertz CT molecular complexity index is 1050. The smallest absolute Gasteiger partial charge is 0.369 e. The lowest BCUT2D eigenvalue weighted by atomic mass is 9.56. The standard InChI is InChI=1S/C20H24F4N4O3S/c21-16-6-15(32(26,31)20(22,23)24)2-1-13(16)5-12-7-19(8-12)10-28(11-19)18(30)27-4-3-14(9-27)17(25)29/h1-2,6,12,14,26H,3-5,7-11H2,(H2,25,29)/t14-,32?/m0/s1. The van der Waals surface area contributed by atoms with Crippen molar-refractivity contribution >= 4 is 21.7 Å². The summed E-state index contributed by atoms with van der Waals surface area (Å²) in [6, 6.07) is 2.53. The minimum Gasteiger partial charge on any atom is -0.369 e. The molecule has 2 aliphatic heterocycles. The number of hydrogen-bond acceptors (Lipinski definition) is 4. The Morgan fingerprint density at radius 1 is 1.22 bits per heavy atom. The third-order valence-electron chi connectivity index (χ3n) is 6.82. The number of hydrogen-bond donors (Lipinski definition) is 2. The minimum absolute atomic E-state index is 0.00859. The Balaban J connectivity index is 1.28. The molecule has 2 atom stereocenters. The van der Waals surface area contributed by atoms with Crippen LogP contribution in [0.5, 0.6) is 0 Å². The highest BCUT2D eigenvalue weighted by atomic mass is 32.2. The summed E-state index contributed by atoms with van der Waals surface area (Å²) in [6.45, 7) is 2.03. The number of primary amides is 1. The maximum absolute atomic E-state index is 14.3. The summed E-state index contributed by atoms with van der Waals surface area (Å²) < 4.78 is 71.3. The van der Waals surface area contributed by atoms with E-state index < -0.39 is 31.9 Å². The largest absolute Gasteiger partial charge is 0.483 e. The Morgan fingerprint density at radius 3 is 2.41 bits per heavy atom. The highest BCUT2D eigenvalue weighted by Gasteiger charge is 2.54. The Hall–Kier alpha value is -2.37. The van der Waals surface area contributed by atoms with E-state index in [-0.39, 0.29) is 28.8 Å². The van der Waals surface area contributed by atoms with Crippen LogP contribution in [0.3, 0.4) is 0 Å². The molecule has 0 bridgehead atoms. The molecule has 4 rings (SSSR count). The van der Waals surface area contributed by atoms with Crippen LogP contribution in [0.4, 0.5) is 22.4 Å². The van der Waals surface area contributed by atoms with Crippen LogP contribution in [0.25, 0.3) is 0 Å². The van der Waals surface area contributed by atoms with Crippen molar-refractivity contribution in [3.05, 3.63) is 29.6 Å². The first-order valence-electron chi connectivity index (χ1n) is 10.3. The molecule has 7 nitrogen and oxygen atoms in total. The number of nitrogens with one attached hydrogen (secondary N) is 1. The molecule has 1 saturated carbocycles. The fourth-order valence-corrected chi connectivity index (χ4v) is 5.95. The predicted octanol–water partition coefficient (Wildman–Crippen LogP) is 2.93. The molecule has 12 heteroatoms. The van der Waals surface area contributed by atoms with Crippen LogP contribution in [0, 0.1) is 27.8 Å². The summed E-state index contributed by atoms with van der Waals surface area (Å²) in [5.74, 6) is -1.45. The summed E-state index contributed by atoms with van der Waals surface area (Å²) in [5, 5.41) is 0. The normalized spacial score (nSPS) is 24.7. The highest BCUT2D eigenvalue weighted by molar-refractivity contribution is 7.93. The van der Waals surface area contributed by atoms with E-state index in [1.165, 1.54) is 6.07 Å². The van der Waals surface area contributed by atoms with Crippen LogP contribution < -0.4 is 5.73 Å². The average Bonchev–Trinajstić information content (AvgIpc) is 3.12. The molecule has 1 aliphatic carbocycles. The van der Waals surface area contributed by atoms with Gasteiger partial charge in [-0.3, -0.25) is 4.79 Å². The number of urea groups is 1. The molecule has 176 valence electrons. The van der Waals surface area contributed by atoms with Crippen LogP contribution in [-0.2, 0) is 20.9 Å². The molecule has 3 fully saturated rings. The molecule has 1 aromatic rings. The number of carbonyl (C=O) groups is 2. The van der Waals surface area contributed by atoms with Gasteiger partial charge in [0.2, 0.25) is 5.91 Å². The van der Waals surface area contributed by atoms with Crippen molar-refractivity contribution in [3.63, 3.8) is 0 Å². The van der Waals surface area contributed by atoms with Gasteiger partial charge in [-0.25, -0.2) is 18.2 Å². The maximum atomic E-state index is 14.3. The zero-order valence-electron chi connectivity index (χ0n) is 17.2. The summed E-state index contributed by atoms with van der Waals surface area (Å²) in [6.07, 6.45) is 2.46. The number of halogens is 4. The first kappa shape index (κ1) is 22.8. The van der Waals surface area contributed by atoms with E-state index in [4.69, 9.17) is 10.5 Å².